The lowest BCUT2D eigenvalue weighted by Gasteiger charge is -2.18. The molecular formula is C35H25N3O. The van der Waals surface area contributed by atoms with Crippen molar-refractivity contribution in [1.29, 1.82) is 0 Å². The quantitative estimate of drug-likeness (QED) is 0.242. The molecule has 0 saturated heterocycles. The van der Waals surface area contributed by atoms with E-state index in [9.17, 15) is 0 Å². The molecule has 4 heterocycles. The minimum Gasteiger partial charge on any atom is -0.457 e. The third kappa shape index (κ3) is 3.12. The molecular weight excluding hydrogens is 478 g/mol. The highest BCUT2D eigenvalue weighted by Crippen LogP contribution is 2.54. The van der Waals surface area contributed by atoms with E-state index in [4.69, 9.17) is 9.40 Å². The van der Waals surface area contributed by atoms with Crippen molar-refractivity contribution in [1.82, 2.24) is 14.5 Å². The number of benzene rings is 3. The van der Waals surface area contributed by atoms with Gasteiger partial charge in [-0.15, -0.1) is 0 Å². The predicted molar refractivity (Wildman–Crippen MR) is 157 cm³/mol. The fraction of sp³-hybridized carbons (Fsp3) is 0.0857. The minimum atomic E-state index is -0.211. The van der Waals surface area contributed by atoms with Gasteiger partial charge in [-0.25, -0.2) is 4.98 Å². The zero-order valence-electron chi connectivity index (χ0n) is 21.7. The zero-order valence-corrected chi connectivity index (χ0v) is 21.7. The summed E-state index contributed by atoms with van der Waals surface area (Å²) in [5.41, 5.74) is 11.8. The van der Waals surface area contributed by atoms with Gasteiger partial charge in [0, 0.05) is 45.6 Å². The van der Waals surface area contributed by atoms with Crippen LogP contribution in [0.15, 0.2) is 120 Å². The molecule has 1 aliphatic carbocycles. The van der Waals surface area contributed by atoms with E-state index in [0.717, 1.165) is 56.0 Å². The van der Waals surface area contributed by atoms with Gasteiger partial charge in [0.05, 0.1) is 16.9 Å². The summed E-state index contributed by atoms with van der Waals surface area (Å²) in [6.45, 7) is 4.52. The van der Waals surface area contributed by atoms with Crippen molar-refractivity contribution < 1.29 is 4.42 Å². The minimum absolute atomic E-state index is 0.211. The second-order valence-corrected chi connectivity index (χ2v) is 10.7. The number of pyridine rings is 2. The highest BCUT2D eigenvalue weighted by molar-refractivity contribution is 6.14. The first-order valence-corrected chi connectivity index (χ1v) is 13.3. The monoisotopic (exact) mass is 503 g/mol. The molecule has 4 nitrogen and oxygen atoms in total. The normalized spacial score (nSPS) is 13.6. The Morgan fingerprint density at radius 1 is 0.718 bits per heavy atom. The second kappa shape index (κ2) is 8.02. The lowest BCUT2D eigenvalue weighted by atomic mass is 9.86. The number of aromatic nitrogens is 3. The Balaban J connectivity index is 1.42. The van der Waals surface area contributed by atoms with Gasteiger partial charge in [0.1, 0.15) is 11.3 Å². The number of para-hydroxylation sites is 1. The molecule has 0 bridgehead atoms. The van der Waals surface area contributed by atoms with Gasteiger partial charge in [0.2, 0.25) is 0 Å². The van der Waals surface area contributed by atoms with Crippen molar-refractivity contribution in [2.24, 2.45) is 0 Å². The van der Waals surface area contributed by atoms with Crippen LogP contribution in [-0.4, -0.2) is 14.5 Å². The molecule has 7 aromatic rings. The van der Waals surface area contributed by atoms with Crippen LogP contribution in [0.2, 0.25) is 0 Å². The largest absolute Gasteiger partial charge is 0.457 e. The average Bonchev–Trinajstić information content (AvgIpc) is 3.60. The first-order chi connectivity index (χ1) is 19.1. The smallest absolute Gasteiger partial charge is 0.161 e. The molecule has 0 unspecified atom stereocenters. The highest BCUT2D eigenvalue weighted by Gasteiger charge is 2.42. The van der Waals surface area contributed by atoms with Crippen molar-refractivity contribution in [3.05, 3.63) is 127 Å². The van der Waals surface area contributed by atoms with Gasteiger partial charge in [-0.3, -0.25) is 4.98 Å². The number of rotatable bonds is 3. The molecule has 0 amide bonds. The summed E-state index contributed by atoms with van der Waals surface area (Å²) in [4.78, 5) is 9.15. The molecule has 0 N–H and O–H groups in total. The maximum atomic E-state index is 6.86. The van der Waals surface area contributed by atoms with Crippen molar-refractivity contribution in [2.45, 2.75) is 19.3 Å². The van der Waals surface area contributed by atoms with Gasteiger partial charge in [0.15, 0.2) is 5.58 Å². The molecule has 0 saturated carbocycles. The van der Waals surface area contributed by atoms with E-state index < -0.39 is 0 Å². The van der Waals surface area contributed by atoms with E-state index in [1.54, 1.807) is 12.4 Å². The Kier molecular flexibility index (Phi) is 4.54. The Labute approximate surface area is 226 Å². The zero-order chi connectivity index (χ0) is 26.1. The summed E-state index contributed by atoms with van der Waals surface area (Å²) < 4.78 is 9.22. The molecule has 0 aliphatic heterocycles. The van der Waals surface area contributed by atoms with Crippen molar-refractivity contribution in [3.8, 4) is 39.3 Å². The summed E-state index contributed by atoms with van der Waals surface area (Å²) in [6.07, 6.45) is 3.60. The van der Waals surface area contributed by atoms with Crippen LogP contribution in [0.25, 0.3) is 61.3 Å². The highest BCUT2D eigenvalue weighted by atomic mass is 16.3. The van der Waals surface area contributed by atoms with Crippen LogP contribution >= 0.6 is 0 Å². The number of hydrogen-bond acceptors (Lipinski definition) is 3. The second-order valence-electron chi connectivity index (χ2n) is 10.7. The predicted octanol–water partition coefficient (Wildman–Crippen LogP) is 8.81. The summed E-state index contributed by atoms with van der Waals surface area (Å²) in [6, 6.07) is 36.0. The fourth-order valence-corrected chi connectivity index (χ4v) is 6.19. The third-order valence-electron chi connectivity index (χ3n) is 8.06. The van der Waals surface area contributed by atoms with E-state index in [1.165, 1.54) is 16.7 Å². The topological polar surface area (TPSA) is 43.9 Å². The van der Waals surface area contributed by atoms with Crippen molar-refractivity contribution >= 4 is 22.0 Å². The Morgan fingerprint density at radius 3 is 2.28 bits per heavy atom. The standard InChI is InChI=1S/C35H25N3O/c1-35(2)27-12-7-6-11-25(27)31-32-33(39-34(31)35)26-21-23(15-16-30(26)38(32)24-9-4-3-5-10-24)29-14-8-13-28(37-29)22-17-19-36-20-18-22/h3-21H,1-2H3. The van der Waals surface area contributed by atoms with E-state index in [0.29, 0.717) is 0 Å². The van der Waals surface area contributed by atoms with E-state index in [1.807, 2.05) is 18.2 Å². The summed E-state index contributed by atoms with van der Waals surface area (Å²) in [5.74, 6) is 1.03. The number of fused-ring (bicyclic) bond motifs is 7. The van der Waals surface area contributed by atoms with Crippen LogP contribution in [0.5, 0.6) is 0 Å². The molecule has 4 aromatic heterocycles. The Bertz CT molecular complexity index is 2030. The Morgan fingerprint density at radius 2 is 1.46 bits per heavy atom. The maximum absolute atomic E-state index is 6.86. The molecule has 0 fully saturated rings. The summed E-state index contributed by atoms with van der Waals surface area (Å²) in [5, 5.41) is 1.09. The van der Waals surface area contributed by atoms with Gasteiger partial charge in [0.25, 0.3) is 0 Å². The number of nitrogens with zero attached hydrogens (tertiary/aromatic N) is 3. The average molecular weight is 504 g/mol. The van der Waals surface area contributed by atoms with Crippen LogP contribution in [0.4, 0.5) is 0 Å². The number of hydrogen-bond donors (Lipinski definition) is 0. The van der Waals surface area contributed by atoms with Crippen LogP contribution in [0.3, 0.4) is 0 Å². The van der Waals surface area contributed by atoms with Gasteiger partial charge in [-0.05, 0) is 73.5 Å². The molecule has 4 heteroatoms. The van der Waals surface area contributed by atoms with Crippen LogP contribution < -0.4 is 0 Å². The van der Waals surface area contributed by atoms with Crippen molar-refractivity contribution in [3.63, 3.8) is 0 Å². The van der Waals surface area contributed by atoms with Crippen molar-refractivity contribution in [2.75, 3.05) is 0 Å². The maximum Gasteiger partial charge on any atom is 0.161 e. The van der Waals surface area contributed by atoms with E-state index >= 15 is 0 Å². The molecule has 1 aliphatic rings. The summed E-state index contributed by atoms with van der Waals surface area (Å²) >= 11 is 0. The first-order valence-electron chi connectivity index (χ1n) is 13.3. The van der Waals surface area contributed by atoms with Crippen LogP contribution in [-0.2, 0) is 5.41 Å². The SMILES string of the molecule is CC1(C)c2ccccc2-c2c1oc1c3cc(-c4cccc(-c5ccncc5)n4)ccc3n(-c3ccccc3)c21. The third-order valence-corrected chi connectivity index (χ3v) is 8.06. The van der Waals surface area contributed by atoms with Gasteiger partial charge in [-0.1, -0.05) is 54.6 Å². The van der Waals surface area contributed by atoms with Crippen LogP contribution in [0.1, 0.15) is 25.2 Å². The molecule has 8 rings (SSSR count). The lowest BCUT2D eigenvalue weighted by molar-refractivity contribution is 0.466. The lowest BCUT2D eigenvalue weighted by Crippen LogP contribution is -2.14. The molecule has 186 valence electrons. The Hall–Kier alpha value is -4.96. The molecule has 0 atom stereocenters. The summed E-state index contributed by atoms with van der Waals surface area (Å²) in [7, 11) is 0. The van der Waals surface area contributed by atoms with Gasteiger partial charge < -0.3 is 8.98 Å². The molecule has 3 aromatic carbocycles. The fourth-order valence-electron chi connectivity index (χ4n) is 6.19. The molecule has 0 radical (unpaired) electrons. The molecule has 39 heavy (non-hydrogen) atoms. The van der Waals surface area contributed by atoms with E-state index in [-0.39, 0.29) is 5.41 Å². The first kappa shape index (κ1) is 22.1. The number of furan rings is 1. The van der Waals surface area contributed by atoms with E-state index in [2.05, 4.69) is 108 Å². The van der Waals surface area contributed by atoms with Crippen LogP contribution in [0, 0.1) is 0 Å². The van der Waals surface area contributed by atoms with Gasteiger partial charge in [-0.2, -0.15) is 0 Å². The van der Waals surface area contributed by atoms with Gasteiger partial charge >= 0.3 is 0 Å². The molecule has 0 spiro atoms.